The van der Waals surface area contributed by atoms with E-state index < -0.39 is 0 Å². The van der Waals surface area contributed by atoms with E-state index in [0.717, 1.165) is 0 Å². The molecule has 0 nitrogen and oxygen atoms in total. The molecular weight excluding hydrogens is 2500 g/mol. The van der Waals surface area contributed by atoms with Gasteiger partial charge in [-0.1, -0.05) is 578 Å². The maximum absolute atomic E-state index is 3.97. The van der Waals surface area contributed by atoms with Crippen molar-refractivity contribution in [2.75, 3.05) is 52.5 Å². The van der Waals surface area contributed by atoms with Crippen molar-refractivity contribution in [1.29, 1.82) is 0 Å². The SMILES string of the molecule is BrC12CC3(Br)CC(Br)(C1)CC(Br)(C2)C3.C.CBr.CBr.CBr.CBr.CBr.CBr.CBr.CBr.CBr.c1ccc(C23CC4(c5ccccc5)CC(c5ccccc5)(C2)CC(c2ccccc2)(C3)C4)cc1.c1ccc(C23CC4(c5ccccc5)CC(c5ccccc5)(C2)CC(c2ccccc2)(C3)C4)cc1.c1ccc(C23CC4(c5ccccc5)CC(c5ccccc5)(C2)CC(c2ccccc2)(C3)C4)cc1. The second-order valence-electron chi connectivity index (χ2n) is 40.6. The fourth-order valence-electron chi connectivity index (χ4n) is 31.2. The van der Waals surface area contributed by atoms with Crippen molar-refractivity contribution in [3.8, 4) is 0 Å². The van der Waals surface area contributed by atoms with E-state index in [1.807, 2.05) is 52.5 Å². The first-order valence-corrected chi connectivity index (χ1v) is 64.5. The molecular formula is C122H139Br13. The summed E-state index contributed by atoms with van der Waals surface area (Å²) in [5.41, 5.74) is 20.9. The highest BCUT2D eigenvalue weighted by Crippen LogP contribution is 2.79. The number of hydrogen-bond acceptors (Lipinski definition) is 0. The molecule has 16 aliphatic carbocycles. The molecule has 12 aromatic rings. The Kier molecular flexibility index (Phi) is 40.5. The van der Waals surface area contributed by atoms with Crippen molar-refractivity contribution in [3.05, 3.63) is 431 Å². The van der Waals surface area contributed by atoms with E-state index in [2.05, 4.69) is 571 Å². The second kappa shape index (κ2) is 48.7. The summed E-state index contributed by atoms with van der Waals surface area (Å²) in [6.45, 7) is 0. The fourth-order valence-corrected chi connectivity index (χ4v) is 39.9. The smallest absolute Gasteiger partial charge is 0.0298 e. The van der Waals surface area contributed by atoms with Crippen LogP contribution in [0.4, 0.5) is 0 Å². The average Bonchev–Trinajstić information content (AvgIpc) is 0.673. The first-order valence-electron chi connectivity index (χ1n) is 47.1. The molecule has 718 valence electrons. The second-order valence-corrected chi connectivity index (χ2v) is 47.3. The highest BCUT2D eigenvalue weighted by Gasteiger charge is 2.74. The molecule has 16 bridgehead atoms. The number of benzene rings is 12. The fraction of sp³-hybridized carbons (Fsp3) is 0.410. The van der Waals surface area contributed by atoms with Gasteiger partial charge in [0.1, 0.15) is 0 Å². The standard InChI is InChI=1S/3C34H32.C10H12Br4.9CH3Br.CH4/c3*1-5-13-27(14-6-1)31-21-32(28-15-7-2-8-16-28)24-33(22-31,29-17-9-3-10-18-29)26-34(23-31,25-32)30-19-11-4-12-20-30;11-7-1-8(12)4-9(13,2-7)6-10(14,3-7)5-8;9*1-2;/h3*1-20H,21-26H2;1-6H2;9*1H3;1H4. The molecule has 0 saturated heterocycles. The number of alkyl halides is 13. The van der Waals surface area contributed by atoms with Crippen LogP contribution in [0.3, 0.4) is 0 Å². The third kappa shape index (κ3) is 22.8. The molecule has 135 heavy (non-hydrogen) atoms. The normalized spacial score (nSPS) is 32.7. The van der Waals surface area contributed by atoms with Gasteiger partial charge in [0.25, 0.3) is 0 Å². The largest absolute Gasteiger partial charge is 0.0966 e. The zero-order valence-electron chi connectivity index (χ0n) is 79.5. The molecule has 13 heteroatoms. The summed E-state index contributed by atoms with van der Waals surface area (Å²) in [6, 6.07) is 138. The minimum Gasteiger partial charge on any atom is -0.0966 e. The predicted octanol–water partition coefficient (Wildman–Crippen LogP) is 39.0. The molecule has 0 spiro atoms. The van der Waals surface area contributed by atoms with Gasteiger partial charge in [-0.3, -0.25) is 0 Å². The minimum atomic E-state index is 0. The number of hydrogen-bond donors (Lipinski definition) is 0. The van der Waals surface area contributed by atoms with Crippen molar-refractivity contribution in [3.63, 3.8) is 0 Å². The summed E-state index contributed by atoms with van der Waals surface area (Å²) >= 11 is 42.3. The molecule has 16 fully saturated rings. The third-order valence-electron chi connectivity index (χ3n) is 32.6. The van der Waals surface area contributed by atoms with Crippen LogP contribution in [-0.4, -0.2) is 69.8 Å². The van der Waals surface area contributed by atoms with Crippen LogP contribution in [0.2, 0.25) is 0 Å². The first kappa shape index (κ1) is 112. The van der Waals surface area contributed by atoms with Gasteiger partial charge < -0.3 is 0 Å². The number of rotatable bonds is 12. The summed E-state index contributed by atoms with van der Waals surface area (Å²) in [4.78, 5) is 0. The summed E-state index contributed by atoms with van der Waals surface area (Å²) in [5, 5.41) is 0. The summed E-state index contributed by atoms with van der Waals surface area (Å²) in [6.07, 6.45) is 30.4. The molecule has 16 aliphatic rings. The Morgan fingerprint density at radius 2 is 0.170 bits per heavy atom. The van der Waals surface area contributed by atoms with Crippen LogP contribution in [0.25, 0.3) is 0 Å². The van der Waals surface area contributed by atoms with Crippen molar-refractivity contribution in [1.82, 2.24) is 0 Å². The van der Waals surface area contributed by atoms with Crippen molar-refractivity contribution in [2.24, 2.45) is 0 Å². The van der Waals surface area contributed by atoms with Gasteiger partial charge in [0.15, 0.2) is 0 Å². The van der Waals surface area contributed by atoms with Crippen molar-refractivity contribution < 1.29 is 0 Å². The van der Waals surface area contributed by atoms with Gasteiger partial charge in [-0.25, -0.2) is 0 Å². The lowest BCUT2D eigenvalue weighted by atomic mass is 9.32. The lowest BCUT2D eigenvalue weighted by Gasteiger charge is -2.71. The van der Waals surface area contributed by atoms with Gasteiger partial charge >= 0.3 is 0 Å². The molecule has 0 N–H and O–H groups in total. The van der Waals surface area contributed by atoms with Gasteiger partial charge in [0.2, 0.25) is 0 Å². The Hall–Kier alpha value is -3.12. The Bertz CT molecular complexity index is 4180. The predicted molar refractivity (Wildman–Crippen MR) is 635 cm³/mol. The molecule has 12 aromatic carbocycles. The zero-order chi connectivity index (χ0) is 96.3. The van der Waals surface area contributed by atoms with Gasteiger partial charge in [-0.05, 0) is 338 Å². The van der Waals surface area contributed by atoms with Gasteiger partial charge in [0, 0.05) is 17.3 Å². The number of halogens is 13. The molecule has 0 aromatic heterocycles. The lowest BCUT2D eigenvalue weighted by Crippen LogP contribution is -2.67. The van der Waals surface area contributed by atoms with Gasteiger partial charge in [-0.2, -0.15) is 0 Å². The lowest BCUT2D eigenvalue weighted by molar-refractivity contribution is -0.0694. The van der Waals surface area contributed by atoms with E-state index >= 15 is 0 Å². The van der Waals surface area contributed by atoms with Crippen LogP contribution in [0.1, 0.15) is 228 Å². The van der Waals surface area contributed by atoms with Crippen LogP contribution in [-0.2, 0) is 65.0 Å². The highest BCUT2D eigenvalue weighted by molar-refractivity contribution is 9.12. The zero-order valence-corrected chi connectivity index (χ0v) is 100. The van der Waals surface area contributed by atoms with E-state index in [1.165, 1.54) is 154 Å². The van der Waals surface area contributed by atoms with Crippen LogP contribution >= 0.6 is 207 Å². The summed E-state index contributed by atoms with van der Waals surface area (Å²) < 4.78 is 1.44. The van der Waals surface area contributed by atoms with Gasteiger partial charge in [0.05, 0.1) is 0 Å². The molecule has 0 unspecified atom stereocenters. The maximum Gasteiger partial charge on any atom is 0.0298 e. The quantitative estimate of drug-likeness (QED) is 0.107. The molecule has 16 saturated carbocycles. The van der Waals surface area contributed by atoms with Crippen LogP contribution in [0.15, 0.2) is 364 Å². The summed E-state index contributed by atoms with van der Waals surface area (Å²) in [5.74, 6) is 16.3. The van der Waals surface area contributed by atoms with Crippen molar-refractivity contribution >= 4 is 207 Å². The third-order valence-corrected chi connectivity index (χ3v) is 36.0. The maximum atomic E-state index is 3.97. The Morgan fingerprint density at radius 3 is 0.230 bits per heavy atom. The van der Waals surface area contributed by atoms with E-state index in [1.54, 1.807) is 66.8 Å². The Labute approximate surface area is 923 Å². The molecule has 28 rings (SSSR count). The Morgan fingerprint density at radius 1 is 0.111 bits per heavy atom. The van der Waals surface area contributed by atoms with E-state index in [-0.39, 0.29) is 72.4 Å². The van der Waals surface area contributed by atoms with Crippen LogP contribution in [0.5, 0.6) is 0 Å². The summed E-state index contributed by atoms with van der Waals surface area (Å²) in [7, 11) is 0. The van der Waals surface area contributed by atoms with Gasteiger partial charge in [-0.15, -0.1) is 0 Å². The molecule has 0 aliphatic heterocycles. The van der Waals surface area contributed by atoms with Crippen LogP contribution < -0.4 is 0 Å². The van der Waals surface area contributed by atoms with Crippen LogP contribution in [0, 0.1) is 0 Å². The molecule has 0 atom stereocenters. The van der Waals surface area contributed by atoms with E-state index in [0.29, 0.717) is 17.3 Å². The Balaban J connectivity index is 0.000000168. The molecule has 0 amide bonds. The van der Waals surface area contributed by atoms with E-state index in [9.17, 15) is 0 Å². The minimum absolute atomic E-state index is 0. The molecule has 0 heterocycles. The average molecular weight is 2640 g/mol. The van der Waals surface area contributed by atoms with Crippen molar-refractivity contribution in [2.45, 2.75) is 244 Å². The molecule has 0 radical (unpaired) electrons. The monoisotopic (exact) mass is 2630 g/mol. The van der Waals surface area contributed by atoms with E-state index in [4.69, 9.17) is 0 Å². The highest BCUT2D eigenvalue weighted by atomic mass is 79.9. The topological polar surface area (TPSA) is 0 Å². The first-order chi connectivity index (χ1) is 65.2.